The van der Waals surface area contributed by atoms with E-state index >= 15 is 0 Å². The molecule has 1 aromatic heterocycles. The van der Waals surface area contributed by atoms with Gasteiger partial charge in [0, 0.05) is 6.54 Å². The SMILES string of the molecule is CC(C)(C)Cn1cc(O)cn1. The summed E-state index contributed by atoms with van der Waals surface area (Å²) in [5.41, 5.74) is 0.207. The van der Waals surface area contributed by atoms with Gasteiger partial charge in [-0.3, -0.25) is 4.68 Å². The van der Waals surface area contributed by atoms with Crippen molar-refractivity contribution in [1.29, 1.82) is 0 Å². The molecular formula is C8H14N2O. The molecule has 1 heterocycles. The van der Waals surface area contributed by atoms with E-state index in [1.54, 1.807) is 10.9 Å². The maximum absolute atomic E-state index is 8.97. The average molecular weight is 154 g/mol. The summed E-state index contributed by atoms with van der Waals surface area (Å²) >= 11 is 0. The molecule has 3 nitrogen and oxygen atoms in total. The molecule has 0 aliphatic heterocycles. The van der Waals surface area contributed by atoms with Crippen LogP contribution in [0, 0.1) is 5.41 Å². The Morgan fingerprint density at radius 2 is 2.18 bits per heavy atom. The molecule has 1 rings (SSSR count). The highest BCUT2D eigenvalue weighted by Crippen LogP contribution is 2.16. The summed E-state index contributed by atoms with van der Waals surface area (Å²) < 4.78 is 1.75. The predicted molar refractivity (Wildman–Crippen MR) is 43.3 cm³/mol. The van der Waals surface area contributed by atoms with Gasteiger partial charge in [-0.25, -0.2) is 0 Å². The molecule has 0 unspecified atom stereocenters. The fraction of sp³-hybridized carbons (Fsp3) is 0.625. The summed E-state index contributed by atoms with van der Waals surface area (Å²) in [6.07, 6.45) is 3.08. The topological polar surface area (TPSA) is 38.0 Å². The normalized spacial score (nSPS) is 11.9. The predicted octanol–water partition coefficient (Wildman–Crippen LogP) is 1.63. The Kier molecular flexibility index (Phi) is 1.89. The van der Waals surface area contributed by atoms with Crippen LogP contribution < -0.4 is 0 Å². The minimum atomic E-state index is 0.207. The van der Waals surface area contributed by atoms with E-state index < -0.39 is 0 Å². The van der Waals surface area contributed by atoms with Crippen LogP contribution in [0.1, 0.15) is 20.8 Å². The monoisotopic (exact) mass is 154 g/mol. The third kappa shape index (κ3) is 2.62. The van der Waals surface area contributed by atoms with Gasteiger partial charge in [-0.05, 0) is 5.41 Å². The molecule has 0 atom stereocenters. The Balaban J connectivity index is 2.65. The standard InChI is InChI=1S/C8H14N2O/c1-8(2,3)6-10-5-7(11)4-9-10/h4-5,11H,6H2,1-3H3. The van der Waals surface area contributed by atoms with Crippen molar-refractivity contribution in [3.63, 3.8) is 0 Å². The molecule has 3 heteroatoms. The summed E-state index contributed by atoms with van der Waals surface area (Å²) in [5.74, 6) is 0.231. The van der Waals surface area contributed by atoms with E-state index in [-0.39, 0.29) is 11.2 Å². The highest BCUT2D eigenvalue weighted by molar-refractivity contribution is 5.08. The van der Waals surface area contributed by atoms with E-state index in [1.165, 1.54) is 6.20 Å². The minimum Gasteiger partial charge on any atom is -0.505 e. The molecule has 0 saturated heterocycles. The summed E-state index contributed by atoms with van der Waals surface area (Å²) in [5, 5.41) is 12.9. The van der Waals surface area contributed by atoms with Gasteiger partial charge in [0.1, 0.15) is 0 Å². The summed E-state index contributed by atoms with van der Waals surface area (Å²) in [7, 11) is 0. The van der Waals surface area contributed by atoms with Crippen molar-refractivity contribution in [2.45, 2.75) is 27.3 Å². The second-order valence-electron chi connectivity index (χ2n) is 3.96. The Labute approximate surface area is 66.7 Å². The molecule has 0 saturated carbocycles. The first-order valence-electron chi connectivity index (χ1n) is 3.69. The summed E-state index contributed by atoms with van der Waals surface area (Å²) in [6, 6.07) is 0. The lowest BCUT2D eigenvalue weighted by Crippen LogP contribution is -2.15. The van der Waals surface area contributed by atoms with Crippen LogP contribution in [-0.2, 0) is 6.54 Å². The summed E-state index contributed by atoms with van der Waals surface area (Å²) in [6.45, 7) is 7.22. The average Bonchev–Trinajstić information content (AvgIpc) is 2.10. The van der Waals surface area contributed by atoms with Gasteiger partial charge < -0.3 is 5.11 Å². The molecule has 0 fully saturated rings. The van der Waals surface area contributed by atoms with E-state index in [2.05, 4.69) is 25.9 Å². The summed E-state index contributed by atoms with van der Waals surface area (Å²) in [4.78, 5) is 0. The van der Waals surface area contributed by atoms with Crippen molar-refractivity contribution in [3.05, 3.63) is 12.4 Å². The first-order chi connectivity index (χ1) is 4.97. The number of hydrogen-bond acceptors (Lipinski definition) is 2. The third-order valence-corrected chi connectivity index (χ3v) is 1.26. The van der Waals surface area contributed by atoms with Gasteiger partial charge in [-0.2, -0.15) is 5.10 Å². The fourth-order valence-corrected chi connectivity index (χ4v) is 0.925. The lowest BCUT2D eigenvalue weighted by Gasteiger charge is -2.17. The lowest BCUT2D eigenvalue weighted by atomic mass is 9.97. The molecule has 11 heavy (non-hydrogen) atoms. The van der Waals surface area contributed by atoms with Gasteiger partial charge in [-0.15, -0.1) is 0 Å². The largest absolute Gasteiger partial charge is 0.505 e. The zero-order chi connectivity index (χ0) is 8.48. The van der Waals surface area contributed by atoms with Gasteiger partial charge in [0.2, 0.25) is 0 Å². The zero-order valence-corrected chi connectivity index (χ0v) is 7.20. The molecular weight excluding hydrogens is 140 g/mol. The Hall–Kier alpha value is -0.990. The van der Waals surface area contributed by atoms with Gasteiger partial charge in [0.25, 0.3) is 0 Å². The van der Waals surface area contributed by atoms with Crippen LogP contribution in [0.5, 0.6) is 5.75 Å². The molecule has 0 bridgehead atoms. The Morgan fingerprint density at radius 3 is 2.55 bits per heavy atom. The van der Waals surface area contributed by atoms with Crippen molar-refractivity contribution in [3.8, 4) is 5.75 Å². The maximum atomic E-state index is 8.97. The smallest absolute Gasteiger partial charge is 0.153 e. The van der Waals surface area contributed by atoms with Crippen LogP contribution in [0.25, 0.3) is 0 Å². The van der Waals surface area contributed by atoms with E-state index in [9.17, 15) is 0 Å². The van der Waals surface area contributed by atoms with Crippen LogP contribution in [0.15, 0.2) is 12.4 Å². The van der Waals surface area contributed by atoms with E-state index in [0.29, 0.717) is 0 Å². The van der Waals surface area contributed by atoms with Crippen molar-refractivity contribution < 1.29 is 5.11 Å². The van der Waals surface area contributed by atoms with Crippen molar-refractivity contribution in [2.24, 2.45) is 5.41 Å². The molecule has 1 aromatic rings. The Bertz CT molecular complexity index is 234. The molecule has 0 spiro atoms. The van der Waals surface area contributed by atoms with Gasteiger partial charge >= 0.3 is 0 Å². The minimum absolute atomic E-state index is 0.207. The second kappa shape index (κ2) is 2.57. The van der Waals surface area contributed by atoms with Crippen molar-refractivity contribution in [1.82, 2.24) is 9.78 Å². The second-order valence-corrected chi connectivity index (χ2v) is 3.96. The van der Waals surface area contributed by atoms with Crippen LogP contribution in [0.3, 0.4) is 0 Å². The number of nitrogens with zero attached hydrogens (tertiary/aromatic N) is 2. The fourth-order valence-electron chi connectivity index (χ4n) is 0.925. The first kappa shape index (κ1) is 8.11. The van der Waals surface area contributed by atoms with Crippen LogP contribution in [0.4, 0.5) is 0 Å². The molecule has 0 aromatic carbocycles. The molecule has 0 aliphatic carbocycles. The number of rotatable bonds is 1. The Morgan fingerprint density at radius 1 is 1.55 bits per heavy atom. The van der Waals surface area contributed by atoms with Crippen molar-refractivity contribution in [2.75, 3.05) is 0 Å². The maximum Gasteiger partial charge on any atom is 0.153 e. The quantitative estimate of drug-likeness (QED) is 0.667. The van der Waals surface area contributed by atoms with Gasteiger partial charge in [-0.1, -0.05) is 20.8 Å². The van der Waals surface area contributed by atoms with Gasteiger partial charge in [0.15, 0.2) is 5.75 Å². The molecule has 0 aliphatic rings. The lowest BCUT2D eigenvalue weighted by molar-refractivity contribution is 0.324. The number of hydrogen-bond donors (Lipinski definition) is 1. The molecule has 1 N–H and O–H groups in total. The van der Waals surface area contributed by atoms with Crippen LogP contribution in [0.2, 0.25) is 0 Å². The third-order valence-electron chi connectivity index (χ3n) is 1.26. The zero-order valence-electron chi connectivity index (χ0n) is 7.20. The van der Waals surface area contributed by atoms with E-state index in [0.717, 1.165) is 6.54 Å². The van der Waals surface area contributed by atoms with Crippen molar-refractivity contribution >= 4 is 0 Å². The molecule has 0 radical (unpaired) electrons. The first-order valence-corrected chi connectivity index (χ1v) is 3.69. The number of aromatic nitrogens is 2. The highest BCUT2D eigenvalue weighted by atomic mass is 16.3. The number of aromatic hydroxyl groups is 1. The van der Waals surface area contributed by atoms with Gasteiger partial charge in [0.05, 0.1) is 12.4 Å². The van der Waals surface area contributed by atoms with Crippen LogP contribution in [-0.4, -0.2) is 14.9 Å². The molecule has 62 valence electrons. The van der Waals surface area contributed by atoms with E-state index in [1.807, 2.05) is 0 Å². The van der Waals surface area contributed by atoms with Crippen LogP contribution >= 0.6 is 0 Å². The molecule has 0 amide bonds. The van der Waals surface area contributed by atoms with E-state index in [4.69, 9.17) is 5.11 Å². The highest BCUT2D eigenvalue weighted by Gasteiger charge is 2.11.